The number of benzene rings is 1. The molecule has 0 unspecified atom stereocenters. The first-order chi connectivity index (χ1) is 9.92. The van der Waals surface area contributed by atoms with E-state index < -0.39 is 0 Å². The molecule has 0 saturated heterocycles. The van der Waals surface area contributed by atoms with Crippen molar-refractivity contribution in [2.24, 2.45) is 0 Å². The lowest BCUT2D eigenvalue weighted by Crippen LogP contribution is -1.92. The highest BCUT2D eigenvalue weighted by Gasteiger charge is 2.15. The fourth-order valence-corrected chi connectivity index (χ4v) is 4.51. The van der Waals surface area contributed by atoms with E-state index in [0.717, 1.165) is 6.42 Å². The summed E-state index contributed by atoms with van der Waals surface area (Å²) in [6, 6.07) is 6.84. The monoisotopic (exact) mass is 278 g/mol. The van der Waals surface area contributed by atoms with E-state index >= 15 is 0 Å². The van der Waals surface area contributed by atoms with Crippen LogP contribution >= 0.6 is 11.3 Å². The maximum absolute atomic E-state index is 2.40. The molecule has 0 spiro atoms. The molecule has 0 saturated carbocycles. The zero-order valence-corrected chi connectivity index (χ0v) is 12.4. The van der Waals surface area contributed by atoms with Gasteiger partial charge in [-0.2, -0.15) is 0 Å². The topological polar surface area (TPSA) is 0 Å². The van der Waals surface area contributed by atoms with Crippen LogP contribution < -0.4 is 0 Å². The molecule has 100 valence electrons. The third-order valence-corrected chi connectivity index (χ3v) is 5.52. The minimum absolute atomic E-state index is 1.08. The predicted octanol–water partition coefficient (Wildman–Crippen LogP) is 5.68. The Morgan fingerprint density at radius 1 is 1.00 bits per heavy atom. The number of allylic oxidation sites excluding steroid dienone is 5. The van der Waals surface area contributed by atoms with Crippen molar-refractivity contribution in [3.63, 3.8) is 0 Å². The van der Waals surface area contributed by atoms with Crippen molar-refractivity contribution < 1.29 is 0 Å². The van der Waals surface area contributed by atoms with Crippen molar-refractivity contribution in [2.75, 3.05) is 0 Å². The molecule has 0 N–H and O–H groups in total. The number of hydrogen-bond acceptors (Lipinski definition) is 1. The maximum atomic E-state index is 2.40. The molecule has 0 atom stereocenters. The van der Waals surface area contributed by atoms with E-state index in [0.29, 0.717) is 0 Å². The summed E-state index contributed by atoms with van der Waals surface area (Å²) in [7, 11) is 0. The summed E-state index contributed by atoms with van der Waals surface area (Å²) in [6.45, 7) is 0. The Morgan fingerprint density at radius 2 is 1.95 bits per heavy atom. The van der Waals surface area contributed by atoms with E-state index in [-0.39, 0.29) is 0 Å². The Hall–Kier alpha value is -1.60. The molecule has 2 aliphatic carbocycles. The van der Waals surface area contributed by atoms with Crippen LogP contribution in [0.15, 0.2) is 48.1 Å². The van der Waals surface area contributed by atoms with E-state index in [4.69, 9.17) is 0 Å². The van der Waals surface area contributed by atoms with Crippen LogP contribution in [0.2, 0.25) is 0 Å². The lowest BCUT2D eigenvalue weighted by atomic mass is 9.96. The molecule has 2 aliphatic rings. The lowest BCUT2D eigenvalue weighted by molar-refractivity contribution is 0.996. The molecule has 1 heteroatoms. The van der Waals surface area contributed by atoms with Crippen molar-refractivity contribution in [1.82, 2.24) is 0 Å². The second kappa shape index (κ2) is 5.06. The van der Waals surface area contributed by atoms with Gasteiger partial charge >= 0.3 is 0 Å². The van der Waals surface area contributed by atoms with Gasteiger partial charge in [0.15, 0.2) is 0 Å². The van der Waals surface area contributed by atoms with Crippen LogP contribution in [0.4, 0.5) is 0 Å². The Labute approximate surface area is 124 Å². The minimum Gasteiger partial charge on any atom is -0.135 e. The summed E-state index contributed by atoms with van der Waals surface area (Å²) >= 11 is 1.98. The molecule has 0 radical (unpaired) electrons. The van der Waals surface area contributed by atoms with Crippen molar-refractivity contribution in [2.45, 2.75) is 32.1 Å². The Kier molecular flexibility index (Phi) is 3.08. The minimum atomic E-state index is 1.08. The molecular formula is C19H18S. The standard InChI is InChI=1S/C19H18S/c1-2-7-14(8-3-1)13-15-9-6-11-17-16-10-4-5-12-18(16)20-19(15)17/h2,5-9,11-12H,1,3-4,10,13H2. The van der Waals surface area contributed by atoms with Gasteiger partial charge in [-0.25, -0.2) is 0 Å². The molecular weight excluding hydrogens is 260 g/mol. The van der Waals surface area contributed by atoms with Gasteiger partial charge in [0.05, 0.1) is 0 Å². The van der Waals surface area contributed by atoms with Crippen molar-refractivity contribution >= 4 is 27.5 Å². The summed E-state index contributed by atoms with van der Waals surface area (Å²) in [5.41, 5.74) is 4.54. The molecule has 0 amide bonds. The Morgan fingerprint density at radius 3 is 2.85 bits per heavy atom. The van der Waals surface area contributed by atoms with Crippen LogP contribution in [0, 0.1) is 0 Å². The number of thiophene rings is 1. The zero-order valence-electron chi connectivity index (χ0n) is 11.6. The average Bonchev–Trinajstić information content (AvgIpc) is 2.88. The second-order valence-electron chi connectivity index (χ2n) is 5.62. The molecule has 1 heterocycles. The van der Waals surface area contributed by atoms with Gasteiger partial charge in [0, 0.05) is 9.58 Å². The Balaban J connectivity index is 1.80. The lowest BCUT2D eigenvalue weighted by Gasteiger charge is -2.08. The van der Waals surface area contributed by atoms with Gasteiger partial charge in [-0.05, 0) is 60.3 Å². The highest BCUT2D eigenvalue weighted by Crippen LogP contribution is 2.38. The number of fused-ring (bicyclic) bond motifs is 3. The van der Waals surface area contributed by atoms with Crippen molar-refractivity contribution in [1.29, 1.82) is 0 Å². The van der Waals surface area contributed by atoms with Gasteiger partial charge in [-0.1, -0.05) is 42.5 Å². The van der Waals surface area contributed by atoms with Gasteiger partial charge in [0.25, 0.3) is 0 Å². The third-order valence-electron chi connectivity index (χ3n) is 4.23. The molecule has 0 bridgehead atoms. The zero-order chi connectivity index (χ0) is 13.4. The van der Waals surface area contributed by atoms with Crippen LogP contribution in [0.3, 0.4) is 0 Å². The normalized spacial score (nSPS) is 17.3. The summed E-state index contributed by atoms with van der Waals surface area (Å²) in [4.78, 5) is 1.48. The first-order valence-corrected chi connectivity index (χ1v) is 8.29. The molecule has 0 nitrogen and oxygen atoms in total. The van der Waals surface area contributed by atoms with E-state index in [2.05, 4.69) is 48.6 Å². The van der Waals surface area contributed by atoms with Crippen molar-refractivity contribution in [3.8, 4) is 0 Å². The maximum Gasteiger partial charge on any atom is 0.0387 e. The third kappa shape index (κ3) is 2.06. The summed E-state index contributed by atoms with van der Waals surface area (Å²) in [6.07, 6.45) is 17.5. The van der Waals surface area contributed by atoms with Gasteiger partial charge in [0.2, 0.25) is 0 Å². The molecule has 1 aromatic heterocycles. The Bertz CT molecular complexity index is 740. The highest BCUT2D eigenvalue weighted by atomic mass is 32.1. The quantitative estimate of drug-likeness (QED) is 0.663. The van der Waals surface area contributed by atoms with Gasteiger partial charge in [0.1, 0.15) is 0 Å². The van der Waals surface area contributed by atoms with Crippen LogP contribution in [0.5, 0.6) is 0 Å². The first-order valence-electron chi connectivity index (χ1n) is 7.47. The SMILES string of the molecule is C1=CC(Cc2cccc3c4c(sc23)C=CCC4)=CCC1. The van der Waals surface area contributed by atoms with Gasteiger partial charge in [-0.3, -0.25) is 0 Å². The average molecular weight is 278 g/mol. The van der Waals surface area contributed by atoms with Crippen LogP contribution in [-0.2, 0) is 12.8 Å². The largest absolute Gasteiger partial charge is 0.135 e. The summed E-state index contributed by atoms with van der Waals surface area (Å²) in [5.74, 6) is 0. The van der Waals surface area contributed by atoms with Crippen LogP contribution in [0.1, 0.15) is 35.3 Å². The van der Waals surface area contributed by atoms with E-state index in [9.17, 15) is 0 Å². The molecule has 20 heavy (non-hydrogen) atoms. The molecule has 4 rings (SSSR count). The molecule has 1 aromatic carbocycles. The molecule has 2 aromatic rings. The predicted molar refractivity (Wildman–Crippen MR) is 89.3 cm³/mol. The molecule has 0 fully saturated rings. The number of aryl methyl sites for hydroxylation is 1. The fraction of sp³-hybridized carbons (Fsp3) is 0.263. The first kappa shape index (κ1) is 12.2. The summed E-state index contributed by atoms with van der Waals surface area (Å²) in [5, 5.41) is 1.49. The number of rotatable bonds is 2. The smallest absolute Gasteiger partial charge is 0.0387 e. The van der Waals surface area contributed by atoms with Crippen LogP contribution in [0.25, 0.3) is 16.2 Å². The van der Waals surface area contributed by atoms with Gasteiger partial charge < -0.3 is 0 Å². The number of hydrogen-bond donors (Lipinski definition) is 0. The fourth-order valence-electron chi connectivity index (χ4n) is 3.22. The van der Waals surface area contributed by atoms with Gasteiger partial charge in [-0.15, -0.1) is 11.3 Å². The second-order valence-corrected chi connectivity index (χ2v) is 6.67. The molecule has 0 aliphatic heterocycles. The van der Waals surface area contributed by atoms with Crippen LogP contribution in [-0.4, -0.2) is 0 Å². The van der Waals surface area contributed by atoms with E-state index in [1.54, 1.807) is 5.56 Å². The van der Waals surface area contributed by atoms with Crippen molar-refractivity contribution in [3.05, 3.63) is 64.1 Å². The van der Waals surface area contributed by atoms with E-state index in [1.165, 1.54) is 51.8 Å². The highest BCUT2D eigenvalue weighted by molar-refractivity contribution is 7.20. The van der Waals surface area contributed by atoms with E-state index in [1.807, 2.05) is 11.3 Å². The summed E-state index contributed by atoms with van der Waals surface area (Å²) < 4.78 is 1.50.